The van der Waals surface area contributed by atoms with E-state index < -0.39 is 17.5 Å². The number of fused-ring (bicyclic) bond motifs is 3. The maximum absolute atomic E-state index is 12.5. The molecule has 1 aliphatic carbocycles. The topological polar surface area (TPSA) is 89.6 Å². The molecule has 0 spiro atoms. The average molecular weight is 353 g/mol. The third-order valence-corrected chi connectivity index (χ3v) is 5.01. The van der Waals surface area contributed by atoms with Crippen LogP contribution in [0.15, 0.2) is 48.5 Å². The summed E-state index contributed by atoms with van der Waals surface area (Å²) in [7, 11) is 0. The molecule has 136 valence electrons. The predicted octanol–water partition coefficient (Wildman–Crippen LogP) is 3.31. The van der Waals surface area contributed by atoms with Gasteiger partial charge in [0, 0.05) is 5.92 Å². The highest BCUT2D eigenvalue weighted by Crippen LogP contribution is 2.44. The van der Waals surface area contributed by atoms with Gasteiger partial charge in [-0.1, -0.05) is 68.3 Å². The Morgan fingerprint density at radius 1 is 1.08 bits per heavy atom. The van der Waals surface area contributed by atoms with E-state index in [0.717, 1.165) is 28.7 Å². The summed E-state index contributed by atoms with van der Waals surface area (Å²) in [5, 5.41) is 9.41. The highest BCUT2D eigenvalue weighted by Gasteiger charge is 2.44. The molecule has 3 N–H and O–H groups in total. The van der Waals surface area contributed by atoms with Gasteiger partial charge in [-0.3, -0.25) is 0 Å². The Bertz CT molecular complexity index is 787. The van der Waals surface area contributed by atoms with Crippen molar-refractivity contribution in [2.75, 3.05) is 6.61 Å². The molecule has 2 aromatic carbocycles. The SMILES string of the molecule is CCCC[C@](N)(C(=O)O)C(=O)OCC1c2ccccc2-c2ccccc21. The highest BCUT2D eigenvalue weighted by molar-refractivity contribution is 6.03. The van der Waals surface area contributed by atoms with Crippen LogP contribution in [0.2, 0.25) is 0 Å². The number of nitrogens with two attached hydrogens (primary N) is 1. The van der Waals surface area contributed by atoms with Crippen LogP contribution in [0.5, 0.6) is 0 Å². The lowest BCUT2D eigenvalue weighted by atomic mass is 9.93. The predicted molar refractivity (Wildman–Crippen MR) is 98.8 cm³/mol. The second-order valence-corrected chi connectivity index (χ2v) is 6.71. The number of hydrogen-bond acceptors (Lipinski definition) is 4. The smallest absolute Gasteiger partial charge is 0.337 e. The molecule has 0 unspecified atom stereocenters. The van der Waals surface area contributed by atoms with E-state index in [4.69, 9.17) is 10.5 Å². The van der Waals surface area contributed by atoms with Gasteiger partial charge in [0.25, 0.3) is 0 Å². The zero-order chi connectivity index (χ0) is 18.7. The van der Waals surface area contributed by atoms with Crippen LogP contribution < -0.4 is 5.73 Å². The van der Waals surface area contributed by atoms with Crippen molar-refractivity contribution in [3.63, 3.8) is 0 Å². The molecule has 1 aliphatic rings. The van der Waals surface area contributed by atoms with Gasteiger partial charge in [-0.15, -0.1) is 0 Å². The lowest BCUT2D eigenvalue weighted by Gasteiger charge is -2.24. The number of unbranched alkanes of at least 4 members (excludes halogenated alkanes) is 1. The van der Waals surface area contributed by atoms with E-state index in [1.54, 1.807) is 0 Å². The van der Waals surface area contributed by atoms with E-state index in [1.165, 1.54) is 0 Å². The van der Waals surface area contributed by atoms with E-state index in [1.807, 2.05) is 55.5 Å². The highest BCUT2D eigenvalue weighted by atomic mass is 16.5. The molecule has 5 nitrogen and oxygen atoms in total. The molecule has 2 aromatic rings. The van der Waals surface area contributed by atoms with Crippen molar-refractivity contribution < 1.29 is 19.4 Å². The Hall–Kier alpha value is -2.66. The summed E-state index contributed by atoms with van der Waals surface area (Å²) in [4.78, 5) is 24.0. The second kappa shape index (κ2) is 7.30. The number of carboxylic acids is 1. The molecule has 3 rings (SSSR count). The third kappa shape index (κ3) is 3.10. The molecule has 0 heterocycles. The van der Waals surface area contributed by atoms with E-state index in [2.05, 4.69) is 0 Å². The van der Waals surface area contributed by atoms with Gasteiger partial charge in [-0.25, -0.2) is 9.59 Å². The Balaban J connectivity index is 1.81. The fraction of sp³-hybridized carbons (Fsp3) is 0.333. The second-order valence-electron chi connectivity index (χ2n) is 6.71. The third-order valence-electron chi connectivity index (χ3n) is 5.01. The van der Waals surface area contributed by atoms with Crippen molar-refractivity contribution in [2.45, 2.75) is 37.6 Å². The number of esters is 1. The minimum atomic E-state index is -1.99. The molecular formula is C21H23NO4. The van der Waals surface area contributed by atoms with E-state index in [-0.39, 0.29) is 18.9 Å². The minimum Gasteiger partial charge on any atom is -0.479 e. The average Bonchev–Trinajstić information content (AvgIpc) is 2.98. The fourth-order valence-electron chi connectivity index (χ4n) is 3.48. The first kappa shape index (κ1) is 18.1. The maximum Gasteiger partial charge on any atom is 0.337 e. The summed E-state index contributed by atoms with van der Waals surface area (Å²) >= 11 is 0. The molecular weight excluding hydrogens is 330 g/mol. The molecule has 26 heavy (non-hydrogen) atoms. The molecule has 0 aromatic heterocycles. The Kier molecular flexibility index (Phi) is 5.09. The first-order chi connectivity index (χ1) is 12.5. The zero-order valence-electron chi connectivity index (χ0n) is 14.8. The number of carboxylic acid groups (broad SMARTS) is 1. The first-order valence-corrected chi connectivity index (χ1v) is 8.86. The van der Waals surface area contributed by atoms with Crippen molar-refractivity contribution >= 4 is 11.9 Å². The van der Waals surface area contributed by atoms with Gasteiger partial charge in [0.1, 0.15) is 6.61 Å². The van der Waals surface area contributed by atoms with Gasteiger partial charge in [-0.05, 0) is 28.7 Å². The number of benzene rings is 2. The van der Waals surface area contributed by atoms with Crippen LogP contribution in [0, 0.1) is 0 Å². The number of rotatable bonds is 7. The van der Waals surface area contributed by atoms with Crippen molar-refractivity contribution in [2.24, 2.45) is 5.73 Å². The van der Waals surface area contributed by atoms with Crippen molar-refractivity contribution in [3.8, 4) is 11.1 Å². The molecule has 0 radical (unpaired) electrons. The summed E-state index contributed by atoms with van der Waals surface area (Å²) < 4.78 is 5.42. The van der Waals surface area contributed by atoms with Crippen molar-refractivity contribution in [1.82, 2.24) is 0 Å². The van der Waals surface area contributed by atoms with Crippen LogP contribution in [-0.4, -0.2) is 29.2 Å². The number of carbonyl (C=O) groups excluding carboxylic acids is 1. The van der Waals surface area contributed by atoms with Gasteiger partial charge in [0.05, 0.1) is 0 Å². The molecule has 0 bridgehead atoms. The summed E-state index contributed by atoms with van der Waals surface area (Å²) in [6, 6.07) is 16.0. The summed E-state index contributed by atoms with van der Waals surface area (Å²) in [6.45, 7) is 1.99. The van der Waals surface area contributed by atoms with E-state index in [9.17, 15) is 14.7 Å². The molecule has 0 saturated heterocycles. The minimum absolute atomic E-state index is 0.0650. The van der Waals surface area contributed by atoms with Crippen LogP contribution in [0.3, 0.4) is 0 Å². The van der Waals surface area contributed by atoms with Crippen LogP contribution in [0.25, 0.3) is 11.1 Å². The normalized spacial score (nSPS) is 15.0. The van der Waals surface area contributed by atoms with Crippen molar-refractivity contribution in [3.05, 3.63) is 59.7 Å². The standard InChI is InChI=1S/C21H23NO4/c1-2-3-12-21(22,19(23)24)20(25)26-13-18-16-10-6-4-8-14(16)15-9-5-7-11-17(15)18/h4-11,18H,2-3,12-13,22H2,1H3,(H,23,24)/t21-/m0/s1. The first-order valence-electron chi connectivity index (χ1n) is 8.86. The summed E-state index contributed by atoms with van der Waals surface area (Å²) in [5.74, 6) is -2.33. The maximum atomic E-state index is 12.5. The molecule has 0 fully saturated rings. The number of hydrogen-bond donors (Lipinski definition) is 2. The molecule has 1 atom stereocenters. The number of ether oxygens (including phenoxy) is 1. The van der Waals surface area contributed by atoms with Crippen LogP contribution in [-0.2, 0) is 14.3 Å². The van der Waals surface area contributed by atoms with Gasteiger partial charge in [-0.2, -0.15) is 0 Å². The Morgan fingerprint density at radius 3 is 2.12 bits per heavy atom. The van der Waals surface area contributed by atoms with Crippen LogP contribution in [0.4, 0.5) is 0 Å². The fourth-order valence-corrected chi connectivity index (χ4v) is 3.48. The van der Waals surface area contributed by atoms with Gasteiger partial charge in [0.2, 0.25) is 5.54 Å². The lowest BCUT2D eigenvalue weighted by molar-refractivity contribution is -0.161. The number of carbonyl (C=O) groups is 2. The van der Waals surface area contributed by atoms with Gasteiger partial charge >= 0.3 is 11.9 Å². The van der Waals surface area contributed by atoms with Gasteiger partial charge in [0.15, 0.2) is 0 Å². The van der Waals surface area contributed by atoms with Crippen molar-refractivity contribution in [1.29, 1.82) is 0 Å². The largest absolute Gasteiger partial charge is 0.479 e. The lowest BCUT2D eigenvalue weighted by Crippen LogP contribution is -2.56. The van der Waals surface area contributed by atoms with E-state index >= 15 is 0 Å². The Labute approximate surface area is 152 Å². The number of aliphatic carboxylic acids is 1. The summed E-state index contributed by atoms with van der Waals surface area (Å²) in [5.41, 5.74) is 8.27. The molecule has 5 heteroatoms. The summed E-state index contributed by atoms with van der Waals surface area (Å²) in [6.07, 6.45) is 1.37. The monoisotopic (exact) mass is 353 g/mol. The molecule has 0 aliphatic heterocycles. The van der Waals surface area contributed by atoms with Crippen LogP contribution >= 0.6 is 0 Å². The van der Waals surface area contributed by atoms with Gasteiger partial charge < -0.3 is 15.6 Å². The molecule has 0 amide bonds. The van der Waals surface area contributed by atoms with E-state index in [0.29, 0.717) is 6.42 Å². The quantitative estimate of drug-likeness (QED) is 0.589. The van der Waals surface area contributed by atoms with Crippen LogP contribution in [0.1, 0.15) is 43.2 Å². The Morgan fingerprint density at radius 2 is 1.62 bits per heavy atom. The zero-order valence-corrected chi connectivity index (χ0v) is 14.8. The molecule has 0 saturated carbocycles.